The molecule has 6 atom stereocenters. The van der Waals surface area contributed by atoms with E-state index in [0.29, 0.717) is 0 Å². The third-order valence-corrected chi connectivity index (χ3v) is 5.86. The average molecular weight is 460 g/mol. The normalized spacial score (nSPS) is 27.1. The lowest BCUT2D eigenvalue weighted by atomic mass is 9.99. The molecule has 1 unspecified atom stereocenters. The lowest BCUT2D eigenvalue weighted by molar-refractivity contribution is -0.310. The predicted molar refractivity (Wildman–Crippen MR) is 118 cm³/mol. The quantitative estimate of drug-likeness (QED) is 0.179. The average Bonchev–Trinajstić information content (AvgIpc) is 2.76. The van der Waals surface area contributed by atoms with Gasteiger partial charge < -0.3 is 39.8 Å². The van der Waals surface area contributed by atoms with E-state index >= 15 is 0 Å². The number of rotatable bonds is 18. The molecule has 8 heteroatoms. The standard InChI is InChI=1S/C24H44O8/c1-18(31-24-23(30)22(29)21(28)19(17-25)32-24)15-13-11-9-7-5-3-2-4-6-8-10-12-14-16-20(26)27/h2-3,18-19,21-25,28-30H,4-17H2,1H3,(H,26,27)/p-1/b3-2-/t18?,19-,21-,22+,23-,24-/m1/s1. The first-order valence-electron chi connectivity index (χ1n) is 12.2. The fraction of sp³-hybridized carbons (Fsp3) is 0.875. The van der Waals surface area contributed by atoms with Crippen LogP contribution in [0.15, 0.2) is 12.2 Å². The maximum Gasteiger partial charge on any atom is 0.186 e. The first-order valence-corrected chi connectivity index (χ1v) is 12.2. The summed E-state index contributed by atoms with van der Waals surface area (Å²) in [5.74, 6) is -0.955. The number of unbranched alkanes of at least 4 members (excludes halogenated alkanes) is 9. The summed E-state index contributed by atoms with van der Waals surface area (Å²) >= 11 is 0. The molecule has 0 saturated carbocycles. The summed E-state index contributed by atoms with van der Waals surface area (Å²) in [6.45, 7) is 1.42. The zero-order chi connectivity index (χ0) is 23.8. The monoisotopic (exact) mass is 459 g/mol. The fourth-order valence-electron chi connectivity index (χ4n) is 3.82. The Hall–Kier alpha value is -1.03. The van der Waals surface area contributed by atoms with Crippen molar-refractivity contribution in [3.05, 3.63) is 12.2 Å². The number of aliphatic hydroxyl groups is 4. The number of carbonyl (C=O) groups is 1. The second kappa shape index (κ2) is 17.4. The van der Waals surface area contributed by atoms with E-state index in [9.17, 15) is 30.3 Å². The summed E-state index contributed by atoms with van der Waals surface area (Å²) in [4.78, 5) is 10.3. The Morgan fingerprint density at radius 2 is 1.47 bits per heavy atom. The number of hydrogen-bond acceptors (Lipinski definition) is 8. The van der Waals surface area contributed by atoms with Crippen molar-refractivity contribution in [1.29, 1.82) is 0 Å². The Labute approximate surface area is 192 Å². The Morgan fingerprint density at radius 1 is 0.906 bits per heavy atom. The van der Waals surface area contributed by atoms with E-state index in [1.54, 1.807) is 0 Å². The third-order valence-electron chi connectivity index (χ3n) is 5.86. The van der Waals surface area contributed by atoms with Gasteiger partial charge in [0.2, 0.25) is 0 Å². The minimum Gasteiger partial charge on any atom is -0.550 e. The molecule has 1 rings (SSSR count). The van der Waals surface area contributed by atoms with Gasteiger partial charge in [0.05, 0.1) is 12.7 Å². The van der Waals surface area contributed by atoms with Gasteiger partial charge in [0.25, 0.3) is 0 Å². The third kappa shape index (κ3) is 12.3. The minimum atomic E-state index is -1.41. The van der Waals surface area contributed by atoms with Crippen molar-refractivity contribution in [2.45, 2.75) is 127 Å². The lowest BCUT2D eigenvalue weighted by Crippen LogP contribution is -2.59. The summed E-state index contributed by atoms with van der Waals surface area (Å²) < 4.78 is 11.1. The molecule has 32 heavy (non-hydrogen) atoms. The summed E-state index contributed by atoms with van der Waals surface area (Å²) in [6, 6.07) is 0. The molecule has 0 aliphatic carbocycles. The summed E-state index contributed by atoms with van der Waals surface area (Å²) in [7, 11) is 0. The van der Waals surface area contributed by atoms with Gasteiger partial charge in [-0.2, -0.15) is 0 Å². The molecular weight excluding hydrogens is 416 g/mol. The molecule has 1 heterocycles. The SMILES string of the molecule is CC(CCCCCC/C=C\CCCCCCCC(=O)[O-])O[C@@H]1O[C@H](CO)[C@@H](O)[C@H](O)[C@H]1O. The fourth-order valence-corrected chi connectivity index (χ4v) is 3.82. The van der Waals surface area contributed by atoms with Crippen molar-refractivity contribution in [3.63, 3.8) is 0 Å². The summed E-state index contributed by atoms with van der Waals surface area (Å²) in [5, 5.41) is 49.1. The molecular formula is C24H43O8-. The lowest BCUT2D eigenvalue weighted by Gasteiger charge is -2.40. The molecule has 1 saturated heterocycles. The number of aliphatic hydroxyl groups excluding tert-OH is 4. The number of carbonyl (C=O) groups excluding carboxylic acids is 1. The molecule has 1 fully saturated rings. The molecule has 0 spiro atoms. The molecule has 1 aliphatic rings. The molecule has 188 valence electrons. The number of ether oxygens (including phenoxy) is 2. The highest BCUT2D eigenvalue weighted by Gasteiger charge is 2.44. The Kier molecular flexibility index (Phi) is 15.8. The van der Waals surface area contributed by atoms with Crippen LogP contribution in [0.5, 0.6) is 0 Å². The largest absolute Gasteiger partial charge is 0.550 e. The van der Waals surface area contributed by atoms with Gasteiger partial charge in [0.15, 0.2) is 6.29 Å². The van der Waals surface area contributed by atoms with Crippen LogP contribution in [0.25, 0.3) is 0 Å². The predicted octanol–water partition coefficient (Wildman–Crippen LogP) is 1.57. The Morgan fingerprint density at radius 3 is 2.06 bits per heavy atom. The summed E-state index contributed by atoms with van der Waals surface area (Å²) in [5.41, 5.74) is 0. The van der Waals surface area contributed by atoms with Gasteiger partial charge in [-0.25, -0.2) is 0 Å². The molecule has 4 N–H and O–H groups in total. The highest BCUT2D eigenvalue weighted by Crippen LogP contribution is 2.24. The van der Waals surface area contributed by atoms with Crippen LogP contribution in [0.3, 0.4) is 0 Å². The van der Waals surface area contributed by atoms with E-state index in [2.05, 4.69) is 12.2 Å². The zero-order valence-electron chi connectivity index (χ0n) is 19.4. The van der Waals surface area contributed by atoms with Crippen LogP contribution in [0.4, 0.5) is 0 Å². The van der Waals surface area contributed by atoms with E-state index in [1.807, 2.05) is 6.92 Å². The second-order valence-electron chi connectivity index (χ2n) is 8.79. The van der Waals surface area contributed by atoms with Crippen LogP contribution < -0.4 is 5.11 Å². The van der Waals surface area contributed by atoms with E-state index in [0.717, 1.165) is 77.0 Å². The molecule has 0 aromatic heterocycles. The number of carboxylic acid groups (broad SMARTS) is 1. The molecule has 0 bridgehead atoms. The van der Waals surface area contributed by atoms with E-state index in [1.165, 1.54) is 0 Å². The number of carboxylic acids is 1. The van der Waals surface area contributed by atoms with Gasteiger partial charge in [0.1, 0.15) is 24.4 Å². The van der Waals surface area contributed by atoms with E-state index < -0.39 is 43.3 Å². The van der Waals surface area contributed by atoms with Crippen molar-refractivity contribution in [2.75, 3.05) is 6.61 Å². The van der Waals surface area contributed by atoms with Crippen molar-refractivity contribution < 1.29 is 39.8 Å². The van der Waals surface area contributed by atoms with E-state index in [4.69, 9.17) is 9.47 Å². The van der Waals surface area contributed by atoms with Gasteiger partial charge >= 0.3 is 0 Å². The van der Waals surface area contributed by atoms with Crippen LogP contribution in [-0.4, -0.2) is 69.8 Å². The van der Waals surface area contributed by atoms with E-state index in [-0.39, 0.29) is 12.5 Å². The topological polar surface area (TPSA) is 140 Å². The van der Waals surface area contributed by atoms with Crippen LogP contribution >= 0.6 is 0 Å². The Bertz CT molecular complexity index is 510. The summed E-state index contributed by atoms with van der Waals surface area (Å²) in [6.07, 6.45) is 10.7. The van der Waals surface area contributed by atoms with Gasteiger partial charge in [-0.1, -0.05) is 50.7 Å². The van der Waals surface area contributed by atoms with Crippen molar-refractivity contribution in [3.8, 4) is 0 Å². The first kappa shape index (κ1) is 29.0. The second-order valence-corrected chi connectivity index (χ2v) is 8.79. The smallest absolute Gasteiger partial charge is 0.186 e. The molecule has 0 aromatic carbocycles. The van der Waals surface area contributed by atoms with Gasteiger partial charge in [-0.05, 0) is 51.9 Å². The maximum absolute atomic E-state index is 10.3. The number of hydrogen-bond donors (Lipinski definition) is 4. The van der Waals surface area contributed by atoms with Crippen molar-refractivity contribution in [1.82, 2.24) is 0 Å². The van der Waals surface area contributed by atoms with Crippen molar-refractivity contribution >= 4 is 5.97 Å². The highest BCUT2D eigenvalue weighted by molar-refractivity contribution is 5.64. The highest BCUT2D eigenvalue weighted by atomic mass is 16.7. The number of aliphatic carboxylic acids is 1. The molecule has 0 radical (unpaired) electrons. The zero-order valence-corrected chi connectivity index (χ0v) is 19.4. The molecule has 8 nitrogen and oxygen atoms in total. The molecule has 1 aliphatic heterocycles. The van der Waals surface area contributed by atoms with Gasteiger partial charge in [-0.15, -0.1) is 0 Å². The van der Waals surface area contributed by atoms with Crippen molar-refractivity contribution in [2.24, 2.45) is 0 Å². The van der Waals surface area contributed by atoms with Gasteiger partial charge in [-0.3, -0.25) is 0 Å². The Balaban J connectivity index is 1.98. The minimum absolute atomic E-state index is 0.169. The van der Waals surface area contributed by atoms with Crippen LogP contribution in [0.1, 0.15) is 90.4 Å². The van der Waals surface area contributed by atoms with Crippen LogP contribution in [-0.2, 0) is 14.3 Å². The number of allylic oxidation sites excluding steroid dienone is 2. The van der Waals surface area contributed by atoms with Crippen LogP contribution in [0.2, 0.25) is 0 Å². The molecule has 0 aromatic rings. The molecule has 0 amide bonds. The maximum atomic E-state index is 10.3. The van der Waals surface area contributed by atoms with Gasteiger partial charge in [0, 0.05) is 5.97 Å². The van der Waals surface area contributed by atoms with Crippen LogP contribution in [0, 0.1) is 0 Å². The first-order chi connectivity index (χ1) is 15.4.